The Kier molecular flexibility index (Phi) is 5.28. The van der Waals surface area contributed by atoms with Crippen molar-refractivity contribution in [2.75, 3.05) is 6.54 Å². The number of carbonyl (C=O) groups excluding carboxylic acids is 1. The molecule has 5 heteroatoms. The molecular formula is C16H22F2N2O. The summed E-state index contributed by atoms with van der Waals surface area (Å²) in [6, 6.07) is 3.65. The first-order valence-electron chi connectivity index (χ1n) is 7.50. The molecule has 1 aliphatic rings. The molecule has 1 aliphatic carbocycles. The van der Waals surface area contributed by atoms with Gasteiger partial charge >= 0.3 is 0 Å². The van der Waals surface area contributed by atoms with E-state index in [0.29, 0.717) is 12.1 Å². The van der Waals surface area contributed by atoms with Gasteiger partial charge in [-0.2, -0.15) is 0 Å². The number of hydrogen-bond donors (Lipinski definition) is 2. The Hall–Kier alpha value is -1.49. The molecule has 1 fully saturated rings. The first-order valence-corrected chi connectivity index (χ1v) is 7.50. The van der Waals surface area contributed by atoms with E-state index in [0.717, 1.165) is 50.7 Å². The van der Waals surface area contributed by atoms with Crippen molar-refractivity contribution in [3.05, 3.63) is 35.4 Å². The van der Waals surface area contributed by atoms with Crippen molar-refractivity contribution >= 4 is 5.91 Å². The molecule has 1 amide bonds. The number of halogens is 2. The molecule has 0 saturated heterocycles. The lowest BCUT2D eigenvalue weighted by Gasteiger charge is -2.29. The molecule has 0 aliphatic heterocycles. The van der Waals surface area contributed by atoms with E-state index in [2.05, 4.69) is 5.32 Å². The smallest absolute Gasteiger partial charge is 0.227 e. The van der Waals surface area contributed by atoms with Gasteiger partial charge < -0.3 is 11.1 Å². The Morgan fingerprint density at radius 3 is 2.38 bits per heavy atom. The summed E-state index contributed by atoms with van der Waals surface area (Å²) in [6.07, 6.45) is 5.89. The molecule has 0 radical (unpaired) electrons. The van der Waals surface area contributed by atoms with Crippen molar-refractivity contribution in [1.82, 2.24) is 5.32 Å². The zero-order valence-electron chi connectivity index (χ0n) is 12.1. The van der Waals surface area contributed by atoms with Gasteiger partial charge in [0, 0.05) is 13.1 Å². The topological polar surface area (TPSA) is 55.1 Å². The second-order valence-electron chi connectivity index (χ2n) is 5.83. The minimum Gasteiger partial charge on any atom is -0.352 e. The highest BCUT2D eigenvalue weighted by molar-refractivity contribution is 5.82. The van der Waals surface area contributed by atoms with Gasteiger partial charge in [0.2, 0.25) is 5.91 Å². The van der Waals surface area contributed by atoms with Crippen molar-refractivity contribution < 1.29 is 13.6 Å². The number of carbonyl (C=O) groups is 1. The molecule has 1 aromatic carbocycles. The third-order valence-corrected chi connectivity index (χ3v) is 4.37. The van der Waals surface area contributed by atoms with Gasteiger partial charge in [0.15, 0.2) is 11.6 Å². The molecule has 0 spiro atoms. The summed E-state index contributed by atoms with van der Waals surface area (Å²) in [5.74, 6) is -1.85. The lowest BCUT2D eigenvalue weighted by atomic mass is 9.79. The van der Waals surface area contributed by atoms with Crippen LogP contribution in [0.5, 0.6) is 0 Å². The quantitative estimate of drug-likeness (QED) is 0.839. The zero-order chi connectivity index (χ0) is 15.3. The summed E-state index contributed by atoms with van der Waals surface area (Å²) >= 11 is 0. The van der Waals surface area contributed by atoms with Gasteiger partial charge in [-0.05, 0) is 30.5 Å². The van der Waals surface area contributed by atoms with E-state index in [9.17, 15) is 13.6 Å². The molecule has 0 bridgehead atoms. The van der Waals surface area contributed by atoms with E-state index in [-0.39, 0.29) is 12.5 Å². The first-order chi connectivity index (χ1) is 10.1. The predicted octanol–water partition coefficient (Wildman–Crippen LogP) is 2.88. The fraction of sp³-hybridized carbons (Fsp3) is 0.562. The Labute approximate surface area is 123 Å². The van der Waals surface area contributed by atoms with Crippen molar-refractivity contribution in [3.63, 3.8) is 0 Å². The second kappa shape index (κ2) is 6.98. The minimum absolute atomic E-state index is 0.0726. The molecule has 2 rings (SSSR count). The molecule has 0 atom stereocenters. The average molecular weight is 296 g/mol. The molecule has 21 heavy (non-hydrogen) atoms. The molecule has 116 valence electrons. The summed E-state index contributed by atoms with van der Waals surface area (Å²) < 4.78 is 26.0. The SMILES string of the molecule is NCC1(C(=O)NCc2ccc(F)c(F)c2)CCCCCC1. The van der Waals surface area contributed by atoms with Crippen LogP contribution >= 0.6 is 0 Å². The molecule has 0 unspecified atom stereocenters. The minimum atomic E-state index is -0.898. The summed E-state index contributed by atoms with van der Waals surface area (Å²) in [5.41, 5.74) is 5.89. The van der Waals surface area contributed by atoms with Crippen LogP contribution in [0.2, 0.25) is 0 Å². The van der Waals surface area contributed by atoms with Gasteiger partial charge in [-0.15, -0.1) is 0 Å². The third-order valence-electron chi connectivity index (χ3n) is 4.37. The molecule has 0 heterocycles. The van der Waals surface area contributed by atoms with Crippen LogP contribution < -0.4 is 11.1 Å². The lowest BCUT2D eigenvalue weighted by Crippen LogP contribution is -2.45. The number of hydrogen-bond acceptors (Lipinski definition) is 2. The van der Waals surface area contributed by atoms with Crippen LogP contribution in [-0.2, 0) is 11.3 Å². The summed E-state index contributed by atoms with van der Waals surface area (Å²) in [6.45, 7) is 0.522. The molecule has 3 N–H and O–H groups in total. The lowest BCUT2D eigenvalue weighted by molar-refractivity contribution is -0.131. The number of amides is 1. The van der Waals surface area contributed by atoms with E-state index < -0.39 is 17.0 Å². The summed E-state index contributed by atoms with van der Waals surface area (Å²) in [5, 5.41) is 2.83. The van der Waals surface area contributed by atoms with Gasteiger partial charge in [0.25, 0.3) is 0 Å². The summed E-state index contributed by atoms with van der Waals surface area (Å²) in [4.78, 5) is 12.5. The standard InChI is InChI=1S/C16H22F2N2O/c17-13-6-5-12(9-14(13)18)10-20-15(21)16(11-19)7-3-1-2-4-8-16/h5-6,9H,1-4,7-8,10-11,19H2,(H,20,21). The van der Waals surface area contributed by atoms with Gasteiger partial charge in [-0.25, -0.2) is 8.78 Å². The Morgan fingerprint density at radius 2 is 1.81 bits per heavy atom. The maximum Gasteiger partial charge on any atom is 0.227 e. The van der Waals surface area contributed by atoms with Crippen LogP contribution in [0.15, 0.2) is 18.2 Å². The van der Waals surface area contributed by atoms with E-state index in [1.807, 2.05) is 0 Å². The predicted molar refractivity (Wildman–Crippen MR) is 77.4 cm³/mol. The fourth-order valence-electron chi connectivity index (χ4n) is 2.95. The zero-order valence-corrected chi connectivity index (χ0v) is 12.1. The van der Waals surface area contributed by atoms with Crippen molar-refractivity contribution in [1.29, 1.82) is 0 Å². The van der Waals surface area contributed by atoms with Crippen LogP contribution in [0, 0.1) is 17.0 Å². The Balaban J connectivity index is 2.00. The van der Waals surface area contributed by atoms with Crippen molar-refractivity contribution in [2.45, 2.75) is 45.1 Å². The van der Waals surface area contributed by atoms with E-state index in [1.54, 1.807) is 0 Å². The Bertz CT molecular complexity index is 497. The highest BCUT2D eigenvalue weighted by Gasteiger charge is 2.36. The van der Waals surface area contributed by atoms with Gasteiger partial charge in [0.05, 0.1) is 5.41 Å². The third kappa shape index (κ3) is 3.79. The van der Waals surface area contributed by atoms with Crippen molar-refractivity contribution in [3.8, 4) is 0 Å². The van der Waals surface area contributed by atoms with E-state index >= 15 is 0 Å². The molecule has 1 saturated carbocycles. The fourth-order valence-corrected chi connectivity index (χ4v) is 2.95. The number of nitrogens with one attached hydrogen (secondary N) is 1. The van der Waals surface area contributed by atoms with E-state index in [1.165, 1.54) is 6.07 Å². The van der Waals surface area contributed by atoms with E-state index in [4.69, 9.17) is 5.73 Å². The normalized spacial score (nSPS) is 18.0. The van der Waals surface area contributed by atoms with Crippen LogP contribution in [0.1, 0.15) is 44.1 Å². The van der Waals surface area contributed by atoms with Crippen LogP contribution in [0.3, 0.4) is 0 Å². The monoisotopic (exact) mass is 296 g/mol. The average Bonchev–Trinajstić information content (AvgIpc) is 2.74. The maximum atomic E-state index is 13.1. The number of nitrogens with two attached hydrogens (primary N) is 1. The van der Waals surface area contributed by atoms with Crippen LogP contribution in [0.25, 0.3) is 0 Å². The second-order valence-corrected chi connectivity index (χ2v) is 5.83. The van der Waals surface area contributed by atoms with Gasteiger partial charge in [0.1, 0.15) is 0 Å². The number of rotatable bonds is 4. The number of benzene rings is 1. The molecule has 1 aromatic rings. The van der Waals surface area contributed by atoms with Crippen LogP contribution in [-0.4, -0.2) is 12.5 Å². The molecule has 0 aromatic heterocycles. The molecule has 3 nitrogen and oxygen atoms in total. The largest absolute Gasteiger partial charge is 0.352 e. The highest BCUT2D eigenvalue weighted by atomic mass is 19.2. The van der Waals surface area contributed by atoms with Crippen molar-refractivity contribution in [2.24, 2.45) is 11.1 Å². The summed E-state index contributed by atoms with van der Waals surface area (Å²) in [7, 11) is 0. The molecular weight excluding hydrogens is 274 g/mol. The van der Waals surface area contributed by atoms with Gasteiger partial charge in [-0.1, -0.05) is 31.7 Å². The van der Waals surface area contributed by atoms with Gasteiger partial charge in [-0.3, -0.25) is 4.79 Å². The van der Waals surface area contributed by atoms with Crippen LogP contribution in [0.4, 0.5) is 8.78 Å². The first kappa shape index (κ1) is 15.9. The Morgan fingerprint density at radius 1 is 1.14 bits per heavy atom. The highest BCUT2D eigenvalue weighted by Crippen LogP contribution is 2.34. The maximum absolute atomic E-state index is 13.1.